The average molecular weight is 408 g/mol. The van der Waals surface area contributed by atoms with Gasteiger partial charge in [0.1, 0.15) is 5.75 Å². The molecule has 0 aromatic heterocycles. The first-order valence-corrected chi connectivity index (χ1v) is 9.80. The molecule has 0 atom stereocenters. The van der Waals surface area contributed by atoms with Crippen molar-refractivity contribution in [2.75, 3.05) is 6.54 Å². The van der Waals surface area contributed by atoms with Crippen LogP contribution in [0.1, 0.15) is 29.8 Å². The number of phenols is 1. The van der Waals surface area contributed by atoms with E-state index in [1.807, 2.05) is 50.3 Å². The number of rotatable bonds is 5. The monoisotopic (exact) mass is 408 g/mol. The summed E-state index contributed by atoms with van der Waals surface area (Å²) in [6.45, 7) is 4.16. The Balaban J connectivity index is 1.95. The molecule has 3 rings (SSSR count). The molecule has 0 aliphatic carbocycles. The number of thioether (sulfide) groups is 1. The number of aromatic carboxylic acids is 1. The van der Waals surface area contributed by atoms with Gasteiger partial charge in [0.05, 0.1) is 16.2 Å². The number of hydrogen-bond acceptors (Lipinski definition) is 5. The maximum Gasteiger partial charge on any atom is 0.338 e. The number of aliphatic imine (C=N–C) groups is 1. The molecule has 2 N–H and O–H groups in total. The Morgan fingerprint density at radius 2 is 1.93 bits per heavy atom. The van der Waals surface area contributed by atoms with Gasteiger partial charge in [0, 0.05) is 6.54 Å². The van der Waals surface area contributed by atoms with Crippen LogP contribution in [0, 0.1) is 0 Å². The molecule has 1 aliphatic heterocycles. The van der Waals surface area contributed by atoms with Crippen molar-refractivity contribution in [2.45, 2.75) is 13.8 Å². The van der Waals surface area contributed by atoms with Crippen LogP contribution in [0.5, 0.6) is 5.75 Å². The standard InChI is InChI=1S/C22H20N2O4S/c1-3-24-20(26)19(12-14(2)11-15-7-5-4-6-8-15)29-22(24)23-18-10-9-16(25)13-17(18)21(27)28/h4-13,25H,3H2,1-2H3,(H,27,28)/b14-11+,19-12-,23-22?. The topological polar surface area (TPSA) is 90.2 Å². The fourth-order valence-electron chi connectivity index (χ4n) is 2.83. The highest BCUT2D eigenvalue weighted by Crippen LogP contribution is 2.35. The van der Waals surface area contributed by atoms with Gasteiger partial charge in [0.15, 0.2) is 5.17 Å². The number of carboxylic acid groups (broad SMARTS) is 1. The average Bonchev–Trinajstić information content (AvgIpc) is 2.97. The van der Waals surface area contributed by atoms with Gasteiger partial charge in [-0.15, -0.1) is 0 Å². The van der Waals surface area contributed by atoms with E-state index in [2.05, 4.69) is 4.99 Å². The Morgan fingerprint density at radius 1 is 1.21 bits per heavy atom. The third-order valence-corrected chi connectivity index (χ3v) is 5.19. The molecule has 6 nitrogen and oxygen atoms in total. The van der Waals surface area contributed by atoms with Crippen molar-refractivity contribution in [3.63, 3.8) is 0 Å². The minimum absolute atomic E-state index is 0.126. The molecule has 0 bridgehead atoms. The zero-order valence-electron chi connectivity index (χ0n) is 16.0. The quantitative estimate of drug-likeness (QED) is 0.702. The van der Waals surface area contributed by atoms with Gasteiger partial charge in [0.25, 0.3) is 5.91 Å². The summed E-state index contributed by atoms with van der Waals surface area (Å²) in [6, 6.07) is 13.7. The molecule has 0 saturated carbocycles. The molecule has 2 aromatic carbocycles. The van der Waals surface area contributed by atoms with Crippen molar-refractivity contribution >= 4 is 40.6 Å². The molecule has 29 heavy (non-hydrogen) atoms. The maximum atomic E-state index is 12.8. The third kappa shape index (κ3) is 4.75. The molecule has 0 spiro atoms. The zero-order chi connectivity index (χ0) is 21.0. The predicted molar refractivity (Wildman–Crippen MR) is 115 cm³/mol. The summed E-state index contributed by atoms with van der Waals surface area (Å²) in [6.07, 6.45) is 3.79. The van der Waals surface area contributed by atoms with E-state index in [0.717, 1.165) is 17.2 Å². The van der Waals surface area contributed by atoms with Crippen molar-refractivity contribution in [3.05, 3.63) is 76.2 Å². The number of phenolic OH excluding ortho intramolecular Hbond substituents is 1. The maximum absolute atomic E-state index is 12.8. The fourth-order valence-corrected chi connectivity index (χ4v) is 3.93. The molecule has 1 heterocycles. The van der Waals surface area contributed by atoms with Gasteiger partial charge >= 0.3 is 5.97 Å². The minimum Gasteiger partial charge on any atom is -0.508 e. The second-order valence-electron chi connectivity index (χ2n) is 6.36. The van der Waals surface area contributed by atoms with Crippen molar-refractivity contribution in [1.29, 1.82) is 0 Å². The van der Waals surface area contributed by atoms with Gasteiger partial charge in [-0.05, 0) is 61.0 Å². The van der Waals surface area contributed by atoms with E-state index in [1.54, 1.807) is 6.08 Å². The summed E-state index contributed by atoms with van der Waals surface area (Å²) < 4.78 is 0. The Hall–Kier alpha value is -3.32. The Bertz CT molecular complexity index is 1040. The van der Waals surface area contributed by atoms with Gasteiger partial charge in [-0.2, -0.15) is 0 Å². The summed E-state index contributed by atoms with van der Waals surface area (Å²) >= 11 is 1.20. The van der Waals surface area contributed by atoms with E-state index in [9.17, 15) is 19.8 Å². The molecule has 0 unspecified atom stereocenters. The molecule has 148 valence electrons. The van der Waals surface area contributed by atoms with Crippen molar-refractivity contribution in [3.8, 4) is 5.75 Å². The van der Waals surface area contributed by atoms with E-state index in [4.69, 9.17) is 0 Å². The summed E-state index contributed by atoms with van der Waals surface area (Å²) in [4.78, 5) is 30.7. The molecule has 1 aliphatic rings. The van der Waals surface area contributed by atoms with Crippen molar-refractivity contribution in [1.82, 2.24) is 4.90 Å². The summed E-state index contributed by atoms with van der Waals surface area (Å²) in [7, 11) is 0. The van der Waals surface area contributed by atoms with Gasteiger partial charge in [-0.3, -0.25) is 9.69 Å². The van der Waals surface area contributed by atoms with Crippen LogP contribution in [-0.2, 0) is 4.79 Å². The van der Waals surface area contributed by atoms with E-state index >= 15 is 0 Å². The lowest BCUT2D eigenvalue weighted by Gasteiger charge is -2.12. The number of allylic oxidation sites excluding steroid dienone is 2. The highest BCUT2D eigenvalue weighted by Gasteiger charge is 2.32. The van der Waals surface area contributed by atoms with Crippen LogP contribution in [-0.4, -0.2) is 38.7 Å². The summed E-state index contributed by atoms with van der Waals surface area (Å²) in [5, 5.41) is 19.3. The van der Waals surface area contributed by atoms with E-state index in [0.29, 0.717) is 16.6 Å². The first-order chi connectivity index (χ1) is 13.9. The number of carbonyl (C=O) groups excluding carboxylic acids is 1. The van der Waals surface area contributed by atoms with Gasteiger partial charge in [0.2, 0.25) is 0 Å². The van der Waals surface area contributed by atoms with Crippen LogP contribution in [0.25, 0.3) is 6.08 Å². The number of benzene rings is 2. The van der Waals surface area contributed by atoms with Crippen molar-refractivity contribution < 1.29 is 19.8 Å². The number of aromatic hydroxyl groups is 1. The first-order valence-electron chi connectivity index (χ1n) is 8.98. The number of amides is 1. The number of carbonyl (C=O) groups is 2. The lowest BCUT2D eigenvalue weighted by molar-refractivity contribution is -0.122. The number of nitrogens with zero attached hydrogens (tertiary/aromatic N) is 2. The van der Waals surface area contributed by atoms with E-state index < -0.39 is 5.97 Å². The lowest BCUT2D eigenvalue weighted by Crippen LogP contribution is -2.28. The van der Waals surface area contributed by atoms with Crippen LogP contribution in [0.4, 0.5) is 5.69 Å². The molecule has 1 amide bonds. The van der Waals surface area contributed by atoms with E-state index in [1.165, 1.54) is 28.8 Å². The van der Waals surface area contributed by atoms with E-state index in [-0.39, 0.29) is 22.9 Å². The van der Waals surface area contributed by atoms with Gasteiger partial charge < -0.3 is 10.2 Å². The molecule has 1 saturated heterocycles. The number of amidine groups is 1. The van der Waals surface area contributed by atoms with Crippen LogP contribution in [0.2, 0.25) is 0 Å². The largest absolute Gasteiger partial charge is 0.508 e. The SMILES string of the molecule is CCN1C(=O)/C(=C/C(C)=C/c2ccccc2)SC1=Nc1ccc(O)cc1C(=O)O. The Labute approximate surface area is 172 Å². The van der Waals surface area contributed by atoms with Crippen LogP contribution in [0.3, 0.4) is 0 Å². The third-order valence-electron chi connectivity index (χ3n) is 4.18. The summed E-state index contributed by atoms with van der Waals surface area (Å²) in [5.41, 5.74) is 2.01. The Kier molecular flexibility index (Phi) is 6.19. The van der Waals surface area contributed by atoms with Crippen LogP contribution < -0.4 is 0 Å². The normalized spacial score (nSPS) is 17.4. The number of carboxylic acids is 1. The molecule has 0 radical (unpaired) electrons. The predicted octanol–water partition coefficient (Wildman–Crippen LogP) is 4.66. The molecule has 7 heteroatoms. The first kappa shape index (κ1) is 20.4. The fraction of sp³-hybridized carbons (Fsp3) is 0.136. The second-order valence-corrected chi connectivity index (χ2v) is 7.37. The van der Waals surface area contributed by atoms with Crippen LogP contribution >= 0.6 is 11.8 Å². The highest BCUT2D eigenvalue weighted by atomic mass is 32.2. The van der Waals surface area contributed by atoms with Crippen molar-refractivity contribution in [2.24, 2.45) is 4.99 Å². The lowest BCUT2D eigenvalue weighted by atomic mass is 10.1. The smallest absolute Gasteiger partial charge is 0.338 e. The number of likely N-dealkylation sites (N-methyl/N-ethyl adjacent to an activating group) is 1. The number of hydrogen-bond donors (Lipinski definition) is 2. The highest BCUT2D eigenvalue weighted by molar-refractivity contribution is 8.18. The molecule has 2 aromatic rings. The molecular formula is C22H20N2O4S. The molecule has 1 fully saturated rings. The minimum atomic E-state index is -1.20. The van der Waals surface area contributed by atoms with Gasteiger partial charge in [-0.1, -0.05) is 36.4 Å². The zero-order valence-corrected chi connectivity index (χ0v) is 16.8. The van der Waals surface area contributed by atoms with Gasteiger partial charge in [-0.25, -0.2) is 9.79 Å². The molecular weight excluding hydrogens is 388 g/mol. The summed E-state index contributed by atoms with van der Waals surface area (Å²) in [5.74, 6) is -1.53. The van der Waals surface area contributed by atoms with Crippen LogP contribution in [0.15, 0.2) is 70.1 Å². The Morgan fingerprint density at radius 3 is 2.59 bits per heavy atom. The second kappa shape index (κ2) is 8.79.